The van der Waals surface area contributed by atoms with Gasteiger partial charge in [-0.05, 0) is 67.3 Å². The molecule has 0 unspecified atom stereocenters. The molecule has 1 nitrogen and oxygen atoms in total. The van der Waals surface area contributed by atoms with Gasteiger partial charge in [-0.2, -0.15) is 13.2 Å². The van der Waals surface area contributed by atoms with E-state index in [9.17, 15) is 13.2 Å². The van der Waals surface area contributed by atoms with Crippen LogP contribution in [-0.2, 0) is 19.6 Å². The van der Waals surface area contributed by atoms with Gasteiger partial charge in [0.15, 0.2) is 0 Å². The van der Waals surface area contributed by atoms with E-state index in [0.717, 1.165) is 16.6 Å². The SMILES string of the molecule is Cc1[c]ccc(C)c1Cc1cc2c(C)cc(C(F)(F)F)cc2n1C. The minimum absolute atomic E-state index is 0.597. The zero-order valence-electron chi connectivity index (χ0n) is 14.2. The summed E-state index contributed by atoms with van der Waals surface area (Å²) < 4.78 is 41.1. The number of rotatable bonds is 2. The summed E-state index contributed by atoms with van der Waals surface area (Å²) in [6.07, 6.45) is -3.65. The maximum absolute atomic E-state index is 13.1. The van der Waals surface area contributed by atoms with Crippen molar-refractivity contribution in [1.29, 1.82) is 0 Å². The minimum Gasteiger partial charge on any atom is -0.347 e. The van der Waals surface area contributed by atoms with E-state index < -0.39 is 11.7 Å². The van der Waals surface area contributed by atoms with Crippen LogP contribution in [-0.4, -0.2) is 4.57 Å². The summed E-state index contributed by atoms with van der Waals surface area (Å²) in [4.78, 5) is 0. The quantitative estimate of drug-likeness (QED) is 0.583. The van der Waals surface area contributed by atoms with E-state index in [-0.39, 0.29) is 0 Å². The van der Waals surface area contributed by atoms with E-state index in [1.807, 2.05) is 43.7 Å². The van der Waals surface area contributed by atoms with Crippen molar-refractivity contribution in [2.75, 3.05) is 0 Å². The average molecular weight is 330 g/mol. The monoisotopic (exact) mass is 330 g/mol. The lowest BCUT2D eigenvalue weighted by Crippen LogP contribution is -2.06. The highest BCUT2D eigenvalue weighted by atomic mass is 19.4. The van der Waals surface area contributed by atoms with Crippen LogP contribution < -0.4 is 0 Å². The third-order valence-corrected chi connectivity index (χ3v) is 4.72. The number of aromatic nitrogens is 1. The van der Waals surface area contributed by atoms with Crippen molar-refractivity contribution in [2.45, 2.75) is 33.4 Å². The molecule has 0 saturated carbocycles. The Hall–Kier alpha value is -2.23. The fraction of sp³-hybridized carbons (Fsp3) is 0.300. The number of halogens is 3. The molecule has 0 aliphatic heterocycles. The molecule has 0 saturated heterocycles. The number of benzene rings is 2. The van der Waals surface area contributed by atoms with Crippen LogP contribution in [0.5, 0.6) is 0 Å². The molecule has 2 aromatic carbocycles. The molecule has 125 valence electrons. The summed E-state index contributed by atoms with van der Waals surface area (Å²) in [6.45, 7) is 5.79. The third kappa shape index (κ3) is 2.81. The van der Waals surface area contributed by atoms with Crippen LogP contribution in [0, 0.1) is 26.8 Å². The second-order valence-electron chi connectivity index (χ2n) is 6.36. The molecule has 0 amide bonds. The van der Waals surface area contributed by atoms with E-state index >= 15 is 0 Å². The molecular weight excluding hydrogens is 311 g/mol. The number of aryl methyl sites for hydroxylation is 4. The molecule has 1 heterocycles. The average Bonchev–Trinajstić information content (AvgIpc) is 2.80. The maximum Gasteiger partial charge on any atom is 0.416 e. The van der Waals surface area contributed by atoms with E-state index in [0.29, 0.717) is 17.5 Å². The molecule has 0 aliphatic carbocycles. The van der Waals surface area contributed by atoms with Crippen LogP contribution in [0.2, 0.25) is 0 Å². The lowest BCUT2D eigenvalue weighted by molar-refractivity contribution is -0.137. The van der Waals surface area contributed by atoms with E-state index in [1.165, 1.54) is 23.3 Å². The second-order valence-corrected chi connectivity index (χ2v) is 6.36. The summed E-state index contributed by atoms with van der Waals surface area (Å²) in [7, 11) is 1.83. The Bertz CT molecular complexity index is 897. The summed E-state index contributed by atoms with van der Waals surface area (Å²) in [5.74, 6) is 0. The van der Waals surface area contributed by atoms with Gasteiger partial charge in [-0.1, -0.05) is 12.1 Å². The number of hydrogen-bond donors (Lipinski definition) is 0. The third-order valence-electron chi connectivity index (χ3n) is 4.72. The molecule has 1 aromatic heterocycles. The van der Waals surface area contributed by atoms with E-state index in [2.05, 4.69) is 6.07 Å². The molecule has 0 N–H and O–H groups in total. The van der Waals surface area contributed by atoms with Crippen LogP contribution in [0.1, 0.15) is 33.5 Å². The minimum atomic E-state index is -4.33. The number of fused-ring (bicyclic) bond motifs is 1. The molecule has 4 heteroatoms. The zero-order chi connectivity index (χ0) is 17.6. The molecule has 0 fully saturated rings. The largest absolute Gasteiger partial charge is 0.416 e. The first-order valence-corrected chi connectivity index (χ1v) is 7.81. The first-order valence-electron chi connectivity index (χ1n) is 7.81. The van der Waals surface area contributed by atoms with Crippen LogP contribution >= 0.6 is 0 Å². The number of nitrogens with zero attached hydrogens (tertiary/aromatic N) is 1. The van der Waals surface area contributed by atoms with Crippen molar-refractivity contribution in [3.63, 3.8) is 0 Å². The van der Waals surface area contributed by atoms with Crippen molar-refractivity contribution >= 4 is 10.9 Å². The topological polar surface area (TPSA) is 4.93 Å². The summed E-state index contributed by atoms with van der Waals surface area (Å²) in [6, 6.07) is 11.6. The molecule has 0 spiro atoms. The van der Waals surface area contributed by atoms with Crippen LogP contribution in [0.15, 0.2) is 30.3 Å². The van der Waals surface area contributed by atoms with E-state index in [1.54, 1.807) is 6.92 Å². The first kappa shape index (κ1) is 16.6. The van der Waals surface area contributed by atoms with Gasteiger partial charge in [0.1, 0.15) is 0 Å². The van der Waals surface area contributed by atoms with E-state index in [4.69, 9.17) is 0 Å². The molecule has 0 aliphatic rings. The summed E-state index contributed by atoms with van der Waals surface area (Å²) >= 11 is 0. The van der Waals surface area contributed by atoms with Gasteiger partial charge in [-0.15, -0.1) is 0 Å². The summed E-state index contributed by atoms with van der Waals surface area (Å²) in [5.41, 5.74) is 5.09. The van der Waals surface area contributed by atoms with Crippen molar-refractivity contribution in [2.24, 2.45) is 7.05 Å². The van der Waals surface area contributed by atoms with Gasteiger partial charge in [-0.25, -0.2) is 0 Å². The van der Waals surface area contributed by atoms with Crippen LogP contribution in [0.4, 0.5) is 13.2 Å². The lowest BCUT2D eigenvalue weighted by atomic mass is 9.98. The highest BCUT2D eigenvalue weighted by molar-refractivity contribution is 5.85. The van der Waals surface area contributed by atoms with Crippen molar-refractivity contribution in [3.8, 4) is 0 Å². The van der Waals surface area contributed by atoms with Crippen molar-refractivity contribution in [3.05, 3.63) is 69.9 Å². The first-order chi connectivity index (χ1) is 11.2. The highest BCUT2D eigenvalue weighted by Crippen LogP contribution is 2.34. The van der Waals surface area contributed by atoms with Gasteiger partial charge in [0, 0.05) is 30.1 Å². The number of hydrogen-bond acceptors (Lipinski definition) is 0. The van der Waals surface area contributed by atoms with Crippen LogP contribution in [0.3, 0.4) is 0 Å². The van der Waals surface area contributed by atoms with Gasteiger partial charge in [-0.3, -0.25) is 0 Å². The Morgan fingerprint density at radius 1 is 1.04 bits per heavy atom. The molecule has 24 heavy (non-hydrogen) atoms. The Kier molecular flexibility index (Phi) is 3.94. The predicted octanol–water partition coefficient (Wildman–Crippen LogP) is 5.51. The zero-order valence-corrected chi connectivity index (χ0v) is 14.2. The van der Waals surface area contributed by atoms with Gasteiger partial charge in [0.25, 0.3) is 0 Å². The Morgan fingerprint density at radius 2 is 1.75 bits per heavy atom. The summed E-state index contributed by atoms with van der Waals surface area (Å²) in [5, 5.41) is 0.871. The van der Waals surface area contributed by atoms with Gasteiger partial charge in [0.05, 0.1) is 5.56 Å². The standard InChI is InChI=1S/C20H19F3N/c1-12-6-5-7-13(2)17(12)10-16-11-18-14(3)8-15(20(21,22)23)9-19(18)24(16)4/h5-6,8-9,11H,10H2,1-4H3. The normalized spacial score (nSPS) is 12.1. The molecular formula is C20H19F3N. The Morgan fingerprint density at radius 3 is 2.38 bits per heavy atom. The van der Waals surface area contributed by atoms with Gasteiger partial charge < -0.3 is 4.57 Å². The smallest absolute Gasteiger partial charge is 0.347 e. The second kappa shape index (κ2) is 5.69. The van der Waals surface area contributed by atoms with Gasteiger partial charge in [0.2, 0.25) is 0 Å². The molecule has 3 rings (SSSR count). The molecule has 0 atom stereocenters. The van der Waals surface area contributed by atoms with Crippen molar-refractivity contribution < 1.29 is 13.2 Å². The van der Waals surface area contributed by atoms with Crippen LogP contribution in [0.25, 0.3) is 10.9 Å². The lowest BCUT2D eigenvalue weighted by Gasteiger charge is -2.11. The predicted molar refractivity (Wildman–Crippen MR) is 90.2 cm³/mol. The fourth-order valence-corrected chi connectivity index (χ4v) is 3.22. The Labute approximate surface area is 139 Å². The van der Waals surface area contributed by atoms with Crippen molar-refractivity contribution in [1.82, 2.24) is 4.57 Å². The van der Waals surface area contributed by atoms with Gasteiger partial charge >= 0.3 is 6.18 Å². The highest BCUT2D eigenvalue weighted by Gasteiger charge is 2.31. The molecule has 0 bridgehead atoms. The molecule has 1 radical (unpaired) electrons. The maximum atomic E-state index is 13.1. The Balaban J connectivity index is 2.14. The molecule has 3 aromatic rings. The fourth-order valence-electron chi connectivity index (χ4n) is 3.22. The number of alkyl halides is 3.